The van der Waals surface area contributed by atoms with Crippen molar-refractivity contribution in [2.45, 2.75) is 51.4 Å². The molecule has 1 aromatic carbocycles. The fraction of sp³-hybridized carbons (Fsp3) is 0.556. The van der Waals surface area contributed by atoms with Crippen molar-refractivity contribution in [3.63, 3.8) is 0 Å². The van der Waals surface area contributed by atoms with Gasteiger partial charge in [-0.1, -0.05) is 49.7 Å². The van der Waals surface area contributed by atoms with Crippen molar-refractivity contribution in [3.8, 4) is 11.8 Å². The van der Waals surface area contributed by atoms with Gasteiger partial charge in [-0.25, -0.2) is 0 Å². The van der Waals surface area contributed by atoms with Gasteiger partial charge in [-0.3, -0.25) is 0 Å². The Morgan fingerprint density at radius 1 is 1.21 bits per heavy atom. The minimum absolute atomic E-state index is 0.761. The molecular weight excluding hydrogens is 230 g/mol. The molecule has 0 saturated heterocycles. The molecule has 1 nitrogen and oxygen atoms in total. The second-order valence-electron chi connectivity index (χ2n) is 5.58. The molecule has 0 atom stereocenters. The van der Waals surface area contributed by atoms with E-state index in [9.17, 15) is 0 Å². The van der Waals surface area contributed by atoms with Gasteiger partial charge in [0.05, 0.1) is 0 Å². The first kappa shape index (κ1) is 14.2. The highest BCUT2D eigenvalue weighted by molar-refractivity contribution is 5.37. The summed E-state index contributed by atoms with van der Waals surface area (Å²) in [5.74, 6) is 7.59. The lowest BCUT2D eigenvalue weighted by Crippen LogP contribution is -2.00. The Kier molecular flexibility index (Phi) is 5.98. The van der Waals surface area contributed by atoms with Crippen LogP contribution < -0.4 is 5.73 Å². The van der Waals surface area contributed by atoms with Crippen LogP contribution in [0.3, 0.4) is 0 Å². The molecule has 0 amide bonds. The molecule has 0 unspecified atom stereocenters. The first-order chi connectivity index (χ1) is 9.38. The summed E-state index contributed by atoms with van der Waals surface area (Å²) in [7, 11) is 0. The Bertz CT molecular complexity index is 432. The van der Waals surface area contributed by atoms with Gasteiger partial charge in [-0.15, -0.1) is 0 Å². The summed E-state index contributed by atoms with van der Waals surface area (Å²) in [5, 5.41) is 0. The monoisotopic (exact) mass is 255 g/mol. The van der Waals surface area contributed by atoms with Crippen molar-refractivity contribution >= 4 is 0 Å². The zero-order valence-electron chi connectivity index (χ0n) is 11.8. The summed E-state index contributed by atoms with van der Waals surface area (Å²) in [6.07, 6.45) is 10.2. The van der Waals surface area contributed by atoms with Crippen molar-refractivity contribution in [1.29, 1.82) is 0 Å². The van der Waals surface area contributed by atoms with E-state index in [1.54, 1.807) is 0 Å². The SMILES string of the molecule is NCCCc1cccc(C#CCCC2CCCC2)c1. The van der Waals surface area contributed by atoms with E-state index in [1.807, 2.05) is 0 Å². The topological polar surface area (TPSA) is 26.0 Å². The van der Waals surface area contributed by atoms with E-state index in [-0.39, 0.29) is 0 Å². The number of hydrogen-bond acceptors (Lipinski definition) is 1. The first-order valence-corrected chi connectivity index (χ1v) is 7.66. The van der Waals surface area contributed by atoms with Gasteiger partial charge in [0.25, 0.3) is 0 Å². The number of nitrogens with two attached hydrogens (primary N) is 1. The third kappa shape index (κ3) is 5.09. The smallest absolute Gasteiger partial charge is 0.0247 e. The van der Waals surface area contributed by atoms with Crippen LogP contribution >= 0.6 is 0 Å². The van der Waals surface area contributed by atoms with E-state index < -0.39 is 0 Å². The Morgan fingerprint density at radius 2 is 2.05 bits per heavy atom. The molecule has 0 bridgehead atoms. The summed E-state index contributed by atoms with van der Waals surface area (Å²) in [6, 6.07) is 8.58. The van der Waals surface area contributed by atoms with Gasteiger partial charge in [0.15, 0.2) is 0 Å². The van der Waals surface area contributed by atoms with Gasteiger partial charge in [-0.05, 0) is 49.4 Å². The Labute approximate surface area is 117 Å². The van der Waals surface area contributed by atoms with Crippen LogP contribution in [0.15, 0.2) is 24.3 Å². The molecule has 1 aromatic rings. The number of rotatable bonds is 5. The standard InChI is InChI=1S/C18H25N/c19-14-6-13-18-12-5-11-17(15-18)10-4-3-9-16-7-1-2-8-16/h5,11-12,15-16H,1-3,6-9,13-14,19H2. The molecule has 0 spiro atoms. The van der Waals surface area contributed by atoms with Crippen LogP contribution in [0.1, 0.15) is 56.1 Å². The third-order valence-corrected chi connectivity index (χ3v) is 3.98. The minimum atomic E-state index is 0.761. The molecular formula is C18H25N. The molecule has 1 heteroatoms. The Balaban J connectivity index is 1.80. The van der Waals surface area contributed by atoms with E-state index >= 15 is 0 Å². The van der Waals surface area contributed by atoms with E-state index in [0.717, 1.165) is 37.3 Å². The predicted molar refractivity (Wildman–Crippen MR) is 81.9 cm³/mol. The van der Waals surface area contributed by atoms with Gasteiger partial charge in [0, 0.05) is 12.0 Å². The molecule has 0 radical (unpaired) electrons. The van der Waals surface area contributed by atoms with Gasteiger partial charge < -0.3 is 5.73 Å². The maximum atomic E-state index is 5.54. The fourth-order valence-corrected chi connectivity index (χ4v) is 2.85. The lowest BCUT2D eigenvalue weighted by molar-refractivity contribution is 0.512. The number of hydrogen-bond donors (Lipinski definition) is 1. The van der Waals surface area contributed by atoms with Crippen molar-refractivity contribution < 1.29 is 0 Å². The van der Waals surface area contributed by atoms with Crippen molar-refractivity contribution in [3.05, 3.63) is 35.4 Å². The Morgan fingerprint density at radius 3 is 2.84 bits per heavy atom. The van der Waals surface area contributed by atoms with Gasteiger partial charge >= 0.3 is 0 Å². The zero-order chi connectivity index (χ0) is 13.3. The van der Waals surface area contributed by atoms with Gasteiger partial charge in [0.1, 0.15) is 0 Å². The van der Waals surface area contributed by atoms with Crippen molar-refractivity contribution in [2.75, 3.05) is 6.54 Å². The molecule has 19 heavy (non-hydrogen) atoms. The molecule has 0 aromatic heterocycles. The van der Waals surface area contributed by atoms with E-state index in [1.165, 1.54) is 37.7 Å². The van der Waals surface area contributed by atoms with Gasteiger partial charge in [-0.2, -0.15) is 0 Å². The molecule has 0 heterocycles. The van der Waals surface area contributed by atoms with Crippen LogP contribution in [0.4, 0.5) is 0 Å². The average molecular weight is 255 g/mol. The highest BCUT2D eigenvalue weighted by Gasteiger charge is 2.13. The minimum Gasteiger partial charge on any atom is -0.330 e. The van der Waals surface area contributed by atoms with E-state index in [2.05, 4.69) is 36.1 Å². The second-order valence-corrected chi connectivity index (χ2v) is 5.58. The molecule has 1 aliphatic rings. The average Bonchev–Trinajstić information content (AvgIpc) is 2.95. The summed E-state index contributed by atoms with van der Waals surface area (Å²) < 4.78 is 0. The Hall–Kier alpha value is -1.26. The van der Waals surface area contributed by atoms with Gasteiger partial charge in [0.2, 0.25) is 0 Å². The maximum Gasteiger partial charge on any atom is 0.0247 e. The largest absolute Gasteiger partial charge is 0.330 e. The first-order valence-electron chi connectivity index (χ1n) is 7.66. The van der Waals surface area contributed by atoms with Crippen LogP contribution in [0, 0.1) is 17.8 Å². The van der Waals surface area contributed by atoms with Crippen molar-refractivity contribution in [2.24, 2.45) is 11.7 Å². The van der Waals surface area contributed by atoms with Crippen LogP contribution in [0.5, 0.6) is 0 Å². The molecule has 1 saturated carbocycles. The second kappa shape index (κ2) is 8.02. The van der Waals surface area contributed by atoms with Crippen LogP contribution in [-0.2, 0) is 6.42 Å². The third-order valence-electron chi connectivity index (χ3n) is 3.98. The highest BCUT2D eigenvalue weighted by atomic mass is 14.5. The fourth-order valence-electron chi connectivity index (χ4n) is 2.85. The molecule has 1 aliphatic carbocycles. The summed E-state index contributed by atoms with van der Waals surface area (Å²) in [4.78, 5) is 0. The molecule has 2 N–H and O–H groups in total. The number of benzene rings is 1. The summed E-state index contributed by atoms with van der Waals surface area (Å²) in [5.41, 5.74) is 8.05. The van der Waals surface area contributed by atoms with Crippen LogP contribution in [0.2, 0.25) is 0 Å². The predicted octanol–water partition coefficient (Wildman–Crippen LogP) is 3.90. The number of aryl methyl sites for hydroxylation is 1. The zero-order valence-corrected chi connectivity index (χ0v) is 11.8. The van der Waals surface area contributed by atoms with Crippen LogP contribution in [-0.4, -0.2) is 6.54 Å². The lowest BCUT2D eigenvalue weighted by atomic mass is 10.0. The van der Waals surface area contributed by atoms with E-state index in [4.69, 9.17) is 5.73 Å². The normalized spacial score (nSPS) is 15.2. The maximum absolute atomic E-state index is 5.54. The summed E-state index contributed by atoms with van der Waals surface area (Å²) in [6.45, 7) is 0.761. The molecule has 102 valence electrons. The van der Waals surface area contributed by atoms with E-state index in [0.29, 0.717) is 0 Å². The lowest BCUT2D eigenvalue weighted by Gasteiger charge is -2.03. The molecule has 0 aliphatic heterocycles. The van der Waals surface area contributed by atoms with Crippen LogP contribution in [0.25, 0.3) is 0 Å². The summed E-state index contributed by atoms with van der Waals surface area (Å²) >= 11 is 0. The highest BCUT2D eigenvalue weighted by Crippen LogP contribution is 2.28. The van der Waals surface area contributed by atoms with Crippen molar-refractivity contribution in [1.82, 2.24) is 0 Å². The molecule has 1 fully saturated rings. The molecule has 2 rings (SSSR count). The quantitative estimate of drug-likeness (QED) is 0.793.